The summed E-state index contributed by atoms with van der Waals surface area (Å²) in [7, 11) is 0. The first kappa shape index (κ1) is 15.8. The van der Waals surface area contributed by atoms with E-state index in [0.29, 0.717) is 19.2 Å². The molecule has 1 atom stereocenters. The van der Waals surface area contributed by atoms with Gasteiger partial charge in [-0.05, 0) is 30.7 Å². The minimum absolute atomic E-state index is 0.303. The van der Waals surface area contributed by atoms with Crippen molar-refractivity contribution in [2.75, 3.05) is 6.54 Å². The van der Waals surface area contributed by atoms with Crippen molar-refractivity contribution in [2.24, 2.45) is 5.73 Å². The van der Waals surface area contributed by atoms with Crippen LogP contribution in [0.5, 0.6) is 5.75 Å². The molecule has 0 bridgehead atoms. The molecule has 3 N–H and O–H groups in total. The van der Waals surface area contributed by atoms with Crippen LogP contribution < -0.4 is 15.8 Å². The molecule has 0 radical (unpaired) electrons. The molecule has 0 amide bonds. The summed E-state index contributed by atoms with van der Waals surface area (Å²) in [6.45, 7) is 3.94. The van der Waals surface area contributed by atoms with Gasteiger partial charge in [-0.25, -0.2) is 0 Å². The Morgan fingerprint density at radius 3 is 2.76 bits per heavy atom. The highest BCUT2D eigenvalue weighted by atomic mass is 35.5. The molecule has 0 saturated carbocycles. The molecule has 0 aliphatic carbocycles. The fourth-order valence-electron chi connectivity index (χ4n) is 1.90. The Morgan fingerprint density at radius 2 is 2.00 bits per heavy atom. The largest absolute Gasteiger partial charge is 0.489 e. The van der Waals surface area contributed by atoms with Gasteiger partial charge in [-0.2, -0.15) is 0 Å². The van der Waals surface area contributed by atoms with Gasteiger partial charge in [-0.3, -0.25) is 0 Å². The molecular formula is C17H21ClN2O. The van der Waals surface area contributed by atoms with Crippen LogP contribution in [0.15, 0.2) is 48.5 Å². The van der Waals surface area contributed by atoms with Gasteiger partial charge in [0.05, 0.1) is 0 Å². The van der Waals surface area contributed by atoms with E-state index in [4.69, 9.17) is 22.1 Å². The summed E-state index contributed by atoms with van der Waals surface area (Å²) in [5, 5.41) is 4.09. The molecule has 2 rings (SSSR count). The van der Waals surface area contributed by atoms with E-state index in [0.717, 1.165) is 22.9 Å². The number of rotatable bonds is 7. The number of hydrogen-bond donors (Lipinski definition) is 2. The number of benzene rings is 2. The molecule has 0 saturated heterocycles. The summed E-state index contributed by atoms with van der Waals surface area (Å²) >= 11 is 6.12. The molecule has 0 aliphatic rings. The first-order valence-electron chi connectivity index (χ1n) is 7.07. The molecule has 0 aliphatic heterocycles. The van der Waals surface area contributed by atoms with Crippen molar-refractivity contribution in [1.82, 2.24) is 5.32 Å². The number of nitrogens with two attached hydrogens (primary N) is 1. The average Bonchev–Trinajstić information content (AvgIpc) is 2.52. The van der Waals surface area contributed by atoms with E-state index in [9.17, 15) is 0 Å². The smallest absolute Gasteiger partial charge is 0.120 e. The van der Waals surface area contributed by atoms with Gasteiger partial charge in [0.25, 0.3) is 0 Å². The van der Waals surface area contributed by atoms with Crippen molar-refractivity contribution < 1.29 is 4.74 Å². The lowest BCUT2D eigenvalue weighted by molar-refractivity contribution is 0.306. The van der Waals surface area contributed by atoms with Crippen LogP contribution in [-0.4, -0.2) is 12.6 Å². The molecule has 0 spiro atoms. The highest BCUT2D eigenvalue weighted by Gasteiger charge is 2.02. The monoisotopic (exact) mass is 304 g/mol. The zero-order valence-electron chi connectivity index (χ0n) is 12.2. The molecule has 2 aromatic carbocycles. The van der Waals surface area contributed by atoms with Gasteiger partial charge >= 0.3 is 0 Å². The average molecular weight is 305 g/mol. The maximum absolute atomic E-state index is 6.12. The Bertz CT molecular complexity index is 574. The van der Waals surface area contributed by atoms with Gasteiger partial charge in [0.2, 0.25) is 0 Å². The second-order valence-corrected chi connectivity index (χ2v) is 5.45. The summed E-state index contributed by atoms with van der Waals surface area (Å²) in [6, 6.07) is 16.1. The maximum Gasteiger partial charge on any atom is 0.120 e. The number of hydrogen-bond acceptors (Lipinski definition) is 3. The van der Waals surface area contributed by atoms with Crippen LogP contribution in [0.3, 0.4) is 0 Å². The van der Waals surface area contributed by atoms with Crippen molar-refractivity contribution in [3.05, 3.63) is 64.7 Å². The molecule has 21 heavy (non-hydrogen) atoms. The normalized spacial score (nSPS) is 12.1. The van der Waals surface area contributed by atoms with Gasteiger partial charge in [0.1, 0.15) is 12.4 Å². The van der Waals surface area contributed by atoms with E-state index in [1.165, 1.54) is 5.56 Å². The number of ether oxygens (including phenoxy) is 1. The summed E-state index contributed by atoms with van der Waals surface area (Å²) in [4.78, 5) is 0. The number of halogens is 1. The summed E-state index contributed by atoms with van der Waals surface area (Å²) < 4.78 is 5.81. The predicted molar refractivity (Wildman–Crippen MR) is 87.6 cm³/mol. The lowest BCUT2D eigenvalue weighted by Gasteiger charge is -2.12. The Labute approximate surface area is 131 Å². The van der Waals surface area contributed by atoms with Gasteiger partial charge in [0.15, 0.2) is 0 Å². The topological polar surface area (TPSA) is 47.3 Å². The minimum Gasteiger partial charge on any atom is -0.489 e. The third kappa shape index (κ3) is 5.05. The molecule has 112 valence electrons. The zero-order chi connectivity index (χ0) is 15.1. The van der Waals surface area contributed by atoms with Crippen molar-refractivity contribution in [3.8, 4) is 5.75 Å². The lowest BCUT2D eigenvalue weighted by Crippen LogP contribution is -2.32. The quantitative estimate of drug-likeness (QED) is 0.824. The Balaban J connectivity index is 1.93. The van der Waals surface area contributed by atoms with Gasteiger partial charge in [0, 0.05) is 29.7 Å². The lowest BCUT2D eigenvalue weighted by atomic mass is 10.2. The van der Waals surface area contributed by atoms with Gasteiger partial charge in [-0.15, -0.1) is 0 Å². The van der Waals surface area contributed by atoms with Crippen molar-refractivity contribution in [2.45, 2.75) is 26.1 Å². The van der Waals surface area contributed by atoms with E-state index in [-0.39, 0.29) is 0 Å². The molecule has 3 nitrogen and oxygen atoms in total. The molecule has 0 fully saturated rings. The van der Waals surface area contributed by atoms with Crippen molar-refractivity contribution in [1.29, 1.82) is 0 Å². The van der Waals surface area contributed by atoms with Crippen molar-refractivity contribution in [3.63, 3.8) is 0 Å². The maximum atomic E-state index is 6.12. The van der Waals surface area contributed by atoms with Crippen LogP contribution >= 0.6 is 11.6 Å². The van der Waals surface area contributed by atoms with Crippen LogP contribution in [0.1, 0.15) is 18.1 Å². The molecule has 0 aromatic heterocycles. The van der Waals surface area contributed by atoms with Crippen LogP contribution in [-0.2, 0) is 13.2 Å². The van der Waals surface area contributed by atoms with Crippen molar-refractivity contribution >= 4 is 11.6 Å². The second-order valence-electron chi connectivity index (χ2n) is 5.05. The third-order valence-electron chi connectivity index (χ3n) is 3.26. The predicted octanol–water partition coefficient (Wildman–Crippen LogP) is 3.36. The van der Waals surface area contributed by atoms with E-state index >= 15 is 0 Å². The van der Waals surface area contributed by atoms with Gasteiger partial charge in [-0.1, -0.05) is 41.9 Å². The molecule has 2 aromatic rings. The fourth-order valence-corrected chi connectivity index (χ4v) is 2.09. The van der Waals surface area contributed by atoms with Crippen LogP contribution in [0, 0.1) is 0 Å². The standard InChI is InChI=1S/C17H21ClN2O/c1-13(10-19)20-11-14-5-4-7-16(9-14)21-12-15-6-2-3-8-17(15)18/h2-9,13,20H,10-12,19H2,1H3. The van der Waals surface area contributed by atoms with Gasteiger partial charge < -0.3 is 15.8 Å². The molecule has 4 heteroatoms. The molecule has 0 heterocycles. The Kier molecular flexibility index (Phi) is 6.05. The summed E-state index contributed by atoms with van der Waals surface area (Å²) in [5.74, 6) is 0.842. The van der Waals surface area contributed by atoms with E-state index in [1.54, 1.807) is 0 Å². The van der Waals surface area contributed by atoms with Crippen LogP contribution in [0.25, 0.3) is 0 Å². The number of nitrogens with one attached hydrogen (secondary N) is 1. The van der Waals surface area contributed by atoms with E-state index in [2.05, 4.69) is 18.3 Å². The minimum atomic E-state index is 0.303. The first-order valence-corrected chi connectivity index (χ1v) is 7.45. The highest BCUT2D eigenvalue weighted by Crippen LogP contribution is 2.19. The first-order chi connectivity index (χ1) is 10.2. The Hall–Kier alpha value is -1.55. The van der Waals surface area contributed by atoms with Crippen LogP contribution in [0.4, 0.5) is 0 Å². The molecular weight excluding hydrogens is 284 g/mol. The van der Waals surface area contributed by atoms with Crippen LogP contribution in [0.2, 0.25) is 5.02 Å². The highest BCUT2D eigenvalue weighted by molar-refractivity contribution is 6.31. The molecule has 1 unspecified atom stereocenters. The van der Waals surface area contributed by atoms with E-state index < -0.39 is 0 Å². The second kappa shape index (κ2) is 8.03. The summed E-state index contributed by atoms with van der Waals surface area (Å²) in [6.07, 6.45) is 0. The Morgan fingerprint density at radius 1 is 1.19 bits per heavy atom. The zero-order valence-corrected chi connectivity index (χ0v) is 12.9. The third-order valence-corrected chi connectivity index (χ3v) is 3.63. The fraction of sp³-hybridized carbons (Fsp3) is 0.294. The summed E-state index contributed by atoms with van der Waals surface area (Å²) in [5.41, 5.74) is 7.75. The van der Waals surface area contributed by atoms with E-state index in [1.807, 2.05) is 42.5 Å². The SMILES string of the molecule is CC(CN)NCc1cccc(OCc2ccccc2Cl)c1.